The molecule has 33 heavy (non-hydrogen) atoms. The summed E-state index contributed by atoms with van der Waals surface area (Å²) in [6, 6.07) is 4.01. The van der Waals surface area contributed by atoms with Crippen molar-refractivity contribution in [2.24, 2.45) is 5.41 Å². The van der Waals surface area contributed by atoms with Crippen molar-refractivity contribution >= 4 is 82.6 Å². The fraction of sp³-hybridized carbons (Fsp3) is 0.500. The molecule has 2 rings (SSSR count). The summed E-state index contributed by atoms with van der Waals surface area (Å²) < 4.78 is 7.57. The molecule has 180 valence electrons. The second kappa shape index (κ2) is 17.0. The van der Waals surface area contributed by atoms with Crippen LogP contribution in [0.1, 0.15) is 58.9 Å². The number of hydrogen-bond donors (Lipinski definition) is 0. The molecule has 0 radical (unpaired) electrons. The molecule has 0 spiro atoms. The summed E-state index contributed by atoms with van der Waals surface area (Å²) in [5.41, 5.74) is -0.407. The van der Waals surface area contributed by atoms with E-state index in [1.165, 1.54) is 11.3 Å². The van der Waals surface area contributed by atoms with Gasteiger partial charge in [-0.3, -0.25) is 4.79 Å². The van der Waals surface area contributed by atoms with Crippen molar-refractivity contribution < 1.29 is 19.1 Å². The second-order valence-electron chi connectivity index (χ2n) is 8.01. The van der Waals surface area contributed by atoms with Gasteiger partial charge in [0.05, 0.1) is 12.1 Å². The van der Waals surface area contributed by atoms with Crippen LogP contribution in [0.5, 0.6) is 0 Å². The highest BCUT2D eigenvalue weighted by Gasteiger charge is 2.28. The van der Waals surface area contributed by atoms with Gasteiger partial charge in [-0.25, -0.2) is 9.97 Å². The largest absolute Gasteiger partial charge is 0.459 e. The van der Waals surface area contributed by atoms with E-state index in [4.69, 9.17) is 24.8 Å². The van der Waals surface area contributed by atoms with E-state index >= 15 is 0 Å². The van der Waals surface area contributed by atoms with Crippen LogP contribution in [0.2, 0.25) is 0 Å². The number of hydrogen-bond acceptors (Lipinski definition) is 10. The lowest BCUT2D eigenvalue weighted by Gasteiger charge is -2.20. The molecular formula is C20H23Br3N4O4S2. The molecule has 2 heterocycles. The molecule has 13 heteroatoms. The molecule has 0 amide bonds. The van der Waals surface area contributed by atoms with E-state index in [-0.39, 0.29) is 11.6 Å². The second-order valence-corrected chi connectivity index (χ2v) is 12.7. The van der Waals surface area contributed by atoms with Crippen LogP contribution >= 0.6 is 70.5 Å². The Labute approximate surface area is 226 Å². The van der Waals surface area contributed by atoms with E-state index in [0.29, 0.717) is 16.0 Å². The molecule has 2 aromatic rings. The summed E-state index contributed by atoms with van der Waals surface area (Å²) in [4.78, 5) is 36.0. The molecule has 1 unspecified atom stereocenters. The molecule has 0 fully saturated rings. The molecule has 0 N–H and O–H groups in total. The van der Waals surface area contributed by atoms with Gasteiger partial charge in [-0.2, -0.15) is 20.1 Å². The van der Waals surface area contributed by atoms with Crippen LogP contribution in [0.4, 0.5) is 0 Å². The highest BCUT2D eigenvalue weighted by atomic mass is 79.9. The fourth-order valence-corrected chi connectivity index (χ4v) is 4.42. The number of rotatable bonds is 2. The number of thiazole rings is 2. The van der Waals surface area contributed by atoms with Crippen LogP contribution in [-0.4, -0.2) is 27.7 Å². The monoisotopic (exact) mass is 684 g/mol. The lowest BCUT2D eigenvalue weighted by molar-refractivity contribution is -0.191. The Kier molecular flexibility index (Phi) is 17.4. The van der Waals surface area contributed by atoms with Crippen molar-refractivity contribution in [3.63, 3.8) is 0 Å². The van der Waals surface area contributed by atoms with Gasteiger partial charge in [0.2, 0.25) is 0 Å². The summed E-state index contributed by atoms with van der Waals surface area (Å²) in [7, 11) is 0. The van der Waals surface area contributed by atoms with Crippen molar-refractivity contribution in [2.75, 3.05) is 0 Å². The van der Waals surface area contributed by atoms with Crippen LogP contribution in [0, 0.1) is 28.1 Å². The normalized spacial score (nSPS) is 10.8. The first kappa shape index (κ1) is 33.7. The molecule has 0 saturated carbocycles. The Bertz CT molecular complexity index is 961. The number of aromatic nitrogens is 2. The third kappa shape index (κ3) is 19.7. The molecule has 0 bridgehead atoms. The molecule has 0 aliphatic rings. The molecule has 1 atom stereocenters. The fourth-order valence-electron chi connectivity index (χ4n) is 1.44. The van der Waals surface area contributed by atoms with E-state index in [1.807, 2.05) is 11.4 Å². The van der Waals surface area contributed by atoms with Gasteiger partial charge in [0.25, 0.3) is 0 Å². The maximum Gasteiger partial charge on any atom is 0.373 e. The highest BCUT2D eigenvalue weighted by Crippen LogP contribution is 2.25. The first-order valence-corrected chi connectivity index (χ1v) is 13.1. The van der Waals surface area contributed by atoms with E-state index in [9.17, 15) is 4.79 Å². The van der Waals surface area contributed by atoms with Crippen LogP contribution in [0.3, 0.4) is 0 Å². The molecule has 0 aliphatic heterocycles. The van der Waals surface area contributed by atoms with Gasteiger partial charge in [0.15, 0.2) is 9.83 Å². The maximum absolute atomic E-state index is 11.7. The molecule has 0 saturated heterocycles. The number of nitriles is 2. The summed E-state index contributed by atoms with van der Waals surface area (Å²) >= 11 is 12.4. The molecule has 0 aliphatic carbocycles. The predicted octanol–water partition coefficient (Wildman–Crippen LogP) is 6.89. The molecule has 0 aromatic carbocycles. The minimum absolute atomic E-state index is 0.189. The zero-order chi connectivity index (χ0) is 26.2. The van der Waals surface area contributed by atoms with Crippen LogP contribution < -0.4 is 0 Å². The van der Waals surface area contributed by atoms with Gasteiger partial charge in [0.1, 0.15) is 19.8 Å². The molecule has 8 nitrogen and oxygen atoms in total. The Morgan fingerprint density at radius 2 is 1.52 bits per heavy atom. The Morgan fingerprint density at radius 3 is 1.73 bits per heavy atom. The smallest absolute Gasteiger partial charge is 0.373 e. The predicted molar refractivity (Wildman–Crippen MR) is 136 cm³/mol. The Balaban J connectivity index is 0. The van der Waals surface area contributed by atoms with Crippen molar-refractivity contribution in [2.45, 2.75) is 59.5 Å². The number of esters is 1. The summed E-state index contributed by atoms with van der Waals surface area (Å²) in [6.45, 7) is 11.4. The zero-order valence-electron chi connectivity index (χ0n) is 18.8. The number of ether oxygens (including phenoxy) is 1. The summed E-state index contributed by atoms with van der Waals surface area (Å²) in [6.07, 6.45) is 0.896. The van der Waals surface area contributed by atoms with Gasteiger partial charge < -0.3 is 4.74 Å². The Hall–Kier alpha value is -1.47. The number of carbonyl (C=O) groups is 1. The lowest BCUT2D eigenvalue weighted by Crippen LogP contribution is -2.27. The quantitative estimate of drug-likeness (QED) is 0.312. The van der Waals surface area contributed by atoms with Crippen LogP contribution in [-0.2, 0) is 19.1 Å². The number of nitrogens with zero attached hydrogens (tertiary/aromatic N) is 4. The third-order valence-electron chi connectivity index (χ3n) is 2.57. The van der Waals surface area contributed by atoms with Crippen molar-refractivity contribution in [1.29, 1.82) is 10.5 Å². The highest BCUT2D eigenvalue weighted by molar-refractivity contribution is 9.11. The van der Waals surface area contributed by atoms with Crippen molar-refractivity contribution in [1.82, 2.24) is 9.97 Å². The van der Waals surface area contributed by atoms with E-state index in [0.717, 1.165) is 8.52 Å². The average Bonchev–Trinajstić information content (AvgIpc) is 3.22. The van der Waals surface area contributed by atoms with Crippen molar-refractivity contribution in [3.05, 3.63) is 28.9 Å². The number of carbonyl (C=O) groups excluding carboxylic acids is 3. The number of halogens is 3. The third-order valence-corrected chi connectivity index (χ3v) is 6.26. The standard InChI is InChI=1S/C10H11BrN2O2S.C6H11N.C3HBr2NS.CO2/c1-10(2,3)15-9(14)6(4-12)8-13-7(11)5-16-8;1-6(2,3)4-5-7;4-2-1-7-3(5)6-2;2-1-3/h5-6H,1-3H3;4H2,1-3H3;1H;. The van der Waals surface area contributed by atoms with Crippen molar-refractivity contribution in [3.8, 4) is 12.1 Å². The van der Waals surface area contributed by atoms with Gasteiger partial charge >= 0.3 is 12.1 Å². The van der Waals surface area contributed by atoms with E-state index in [1.54, 1.807) is 37.5 Å². The minimum atomic E-state index is -0.949. The molecular weight excluding hydrogens is 664 g/mol. The van der Waals surface area contributed by atoms with Gasteiger partial charge in [-0.15, -0.1) is 22.7 Å². The topological polar surface area (TPSA) is 134 Å². The SMILES string of the molecule is Brc1csc(Br)n1.CC(C)(C)CC#N.CC(C)(C)OC(=O)C(C#N)c1nc(Br)cs1.O=C=O. The maximum atomic E-state index is 11.7. The lowest BCUT2D eigenvalue weighted by atomic mass is 9.93. The first-order chi connectivity index (χ1) is 15.1. The van der Waals surface area contributed by atoms with Gasteiger partial charge in [-0.1, -0.05) is 20.8 Å². The van der Waals surface area contributed by atoms with Gasteiger partial charge in [0, 0.05) is 17.2 Å². The van der Waals surface area contributed by atoms with Crippen LogP contribution in [0.15, 0.2) is 23.9 Å². The zero-order valence-corrected chi connectivity index (χ0v) is 25.2. The minimum Gasteiger partial charge on any atom is -0.459 e. The van der Waals surface area contributed by atoms with Gasteiger partial charge in [-0.05, 0) is 74.0 Å². The molecule has 2 aromatic heterocycles. The van der Waals surface area contributed by atoms with E-state index < -0.39 is 17.5 Å². The van der Waals surface area contributed by atoms with E-state index in [2.05, 4.69) is 84.6 Å². The Morgan fingerprint density at radius 1 is 1.03 bits per heavy atom. The average molecular weight is 687 g/mol. The summed E-state index contributed by atoms with van der Waals surface area (Å²) in [5, 5.41) is 21.2. The van der Waals surface area contributed by atoms with Crippen LogP contribution in [0.25, 0.3) is 0 Å². The first-order valence-electron chi connectivity index (χ1n) is 8.96. The summed E-state index contributed by atoms with van der Waals surface area (Å²) in [5.74, 6) is -1.51.